The number of nitrogens with one attached hydrogen (secondary N) is 1. The summed E-state index contributed by atoms with van der Waals surface area (Å²) in [6.45, 7) is 3.15. The molecule has 0 bridgehead atoms. The first kappa shape index (κ1) is 23.8. The molecular formula is C24H25N3O5S. The van der Waals surface area contributed by atoms with Crippen molar-refractivity contribution in [2.45, 2.75) is 18.7 Å². The number of aromatic hydroxyl groups is 1. The number of para-hydroxylation sites is 2. The molecule has 0 atom stereocenters. The average Bonchev–Trinajstić information content (AvgIpc) is 2.79. The largest absolute Gasteiger partial charge is 0.504 e. The lowest BCUT2D eigenvalue weighted by Crippen LogP contribution is -2.40. The summed E-state index contributed by atoms with van der Waals surface area (Å²) >= 11 is 0. The topological polar surface area (TPSA) is 108 Å². The monoisotopic (exact) mass is 467 g/mol. The number of phenols is 1. The van der Waals surface area contributed by atoms with Crippen molar-refractivity contribution >= 4 is 27.8 Å². The minimum Gasteiger partial charge on any atom is -0.504 e. The second-order valence-corrected chi connectivity index (χ2v) is 9.16. The molecule has 33 heavy (non-hydrogen) atoms. The van der Waals surface area contributed by atoms with Gasteiger partial charge in [-0.2, -0.15) is 5.10 Å². The molecule has 172 valence electrons. The third-order valence-electron chi connectivity index (χ3n) is 4.92. The van der Waals surface area contributed by atoms with E-state index in [1.165, 1.54) is 25.5 Å². The Labute approximate surface area is 193 Å². The molecule has 3 aromatic rings. The molecule has 0 aliphatic heterocycles. The highest BCUT2D eigenvalue weighted by atomic mass is 32.2. The van der Waals surface area contributed by atoms with Crippen LogP contribution in [-0.4, -0.2) is 39.3 Å². The fourth-order valence-corrected chi connectivity index (χ4v) is 4.61. The van der Waals surface area contributed by atoms with Crippen LogP contribution < -0.4 is 14.5 Å². The van der Waals surface area contributed by atoms with Crippen LogP contribution in [0, 0.1) is 13.8 Å². The molecule has 0 radical (unpaired) electrons. The number of rotatable bonds is 8. The molecule has 0 spiro atoms. The molecule has 0 fully saturated rings. The molecule has 8 nitrogen and oxygen atoms in total. The maximum atomic E-state index is 13.4. The van der Waals surface area contributed by atoms with Crippen molar-refractivity contribution in [3.05, 3.63) is 83.4 Å². The molecular weight excluding hydrogens is 442 g/mol. The van der Waals surface area contributed by atoms with Gasteiger partial charge in [0.2, 0.25) is 0 Å². The second kappa shape index (κ2) is 10.2. The molecule has 2 N–H and O–H groups in total. The fraction of sp³-hybridized carbons (Fsp3) is 0.167. The van der Waals surface area contributed by atoms with E-state index in [2.05, 4.69) is 10.5 Å². The smallest absolute Gasteiger partial charge is 0.264 e. The number of methoxy groups -OCH3 is 1. The lowest BCUT2D eigenvalue weighted by atomic mass is 10.2. The van der Waals surface area contributed by atoms with Crippen molar-refractivity contribution in [1.29, 1.82) is 0 Å². The van der Waals surface area contributed by atoms with E-state index in [-0.39, 0.29) is 16.4 Å². The lowest BCUT2D eigenvalue weighted by Gasteiger charge is -2.25. The molecule has 0 aromatic heterocycles. The van der Waals surface area contributed by atoms with E-state index in [0.29, 0.717) is 16.8 Å². The van der Waals surface area contributed by atoms with Gasteiger partial charge in [-0.25, -0.2) is 13.8 Å². The number of nitrogens with zero attached hydrogens (tertiary/aromatic N) is 2. The number of amides is 1. The van der Waals surface area contributed by atoms with Gasteiger partial charge in [0.25, 0.3) is 15.9 Å². The van der Waals surface area contributed by atoms with Crippen LogP contribution in [0.1, 0.15) is 16.7 Å². The van der Waals surface area contributed by atoms with Gasteiger partial charge >= 0.3 is 0 Å². The van der Waals surface area contributed by atoms with E-state index in [4.69, 9.17) is 4.74 Å². The number of anilines is 1. The number of hydrogen-bond acceptors (Lipinski definition) is 6. The Morgan fingerprint density at radius 3 is 2.42 bits per heavy atom. The van der Waals surface area contributed by atoms with Crippen LogP contribution in [0.15, 0.2) is 76.7 Å². The summed E-state index contributed by atoms with van der Waals surface area (Å²) in [6, 6.07) is 18.2. The Morgan fingerprint density at radius 1 is 1.06 bits per heavy atom. The van der Waals surface area contributed by atoms with Gasteiger partial charge in [0, 0.05) is 5.56 Å². The number of phenolic OH excluding ortho intramolecular Hbond substituents is 1. The Kier molecular flexibility index (Phi) is 7.34. The van der Waals surface area contributed by atoms with Crippen molar-refractivity contribution < 1.29 is 23.1 Å². The maximum Gasteiger partial charge on any atom is 0.264 e. The van der Waals surface area contributed by atoms with Crippen LogP contribution in [0.25, 0.3) is 0 Å². The van der Waals surface area contributed by atoms with Crippen LogP contribution in [0.3, 0.4) is 0 Å². The van der Waals surface area contributed by atoms with Crippen molar-refractivity contribution in [1.82, 2.24) is 5.43 Å². The Hall–Kier alpha value is -3.85. The standard InChI is InChI=1S/C24H25N3O5S/c1-17-11-13-20(14-12-17)33(30,31)27(21-9-5-4-7-18(21)2)16-23(28)26-25-15-19-8-6-10-22(32-3)24(19)29/h4-15,29H,16H2,1-3H3,(H,26,28)/b25-15-. The molecule has 0 aliphatic carbocycles. The predicted molar refractivity (Wildman–Crippen MR) is 127 cm³/mol. The van der Waals surface area contributed by atoms with Gasteiger partial charge in [-0.15, -0.1) is 0 Å². The summed E-state index contributed by atoms with van der Waals surface area (Å²) in [5.41, 5.74) is 4.66. The number of carbonyl (C=O) groups is 1. The van der Waals surface area contributed by atoms with E-state index in [9.17, 15) is 18.3 Å². The average molecular weight is 468 g/mol. The number of benzene rings is 3. The number of hydrogen-bond donors (Lipinski definition) is 2. The Morgan fingerprint density at radius 2 is 1.76 bits per heavy atom. The van der Waals surface area contributed by atoms with Gasteiger partial charge in [-0.05, 0) is 49.7 Å². The van der Waals surface area contributed by atoms with Crippen molar-refractivity contribution in [3.8, 4) is 11.5 Å². The van der Waals surface area contributed by atoms with Gasteiger partial charge in [0.15, 0.2) is 11.5 Å². The Bertz CT molecular complexity index is 1270. The van der Waals surface area contributed by atoms with Crippen molar-refractivity contribution in [2.24, 2.45) is 5.10 Å². The molecule has 0 aliphatic rings. The van der Waals surface area contributed by atoms with Crippen LogP contribution in [0.4, 0.5) is 5.69 Å². The van der Waals surface area contributed by atoms with E-state index < -0.39 is 22.5 Å². The Balaban J connectivity index is 1.86. The third-order valence-corrected chi connectivity index (χ3v) is 6.70. The molecule has 0 saturated carbocycles. The minimum absolute atomic E-state index is 0.0777. The van der Waals surface area contributed by atoms with Crippen LogP contribution >= 0.6 is 0 Å². The summed E-state index contributed by atoms with van der Waals surface area (Å²) in [5, 5.41) is 14.0. The maximum absolute atomic E-state index is 13.4. The van der Waals surface area contributed by atoms with E-state index in [1.807, 2.05) is 6.92 Å². The van der Waals surface area contributed by atoms with Crippen LogP contribution in [0.2, 0.25) is 0 Å². The zero-order chi connectivity index (χ0) is 24.0. The van der Waals surface area contributed by atoms with E-state index in [0.717, 1.165) is 9.87 Å². The number of hydrazone groups is 1. The summed E-state index contributed by atoms with van der Waals surface area (Å²) < 4.78 is 32.9. The van der Waals surface area contributed by atoms with Gasteiger partial charge < -0.3 is 9.84 Å². The summed E-state index contributed by atoms with van der Waals surface area (Å²) in [4.78, 5) is 12.7. The summed E-state index contributed by atoms with van der Waals surface area (Å²) in [7, 11) is -2.59. The number of carbonyl (C=O) groups excluding carboxylic acids is 1. The van der Waals surface area contributed by atoms with Crippen molar-refractivity contribution in [3.63, 3.8) is 0 Å². The van der Waals surface area contributed by atoms with Crippen LogP contribution in [0.5, 0.6) is 11.5 Å². The van der Waals surface area contributed by atoms with Gasteiger partial charge in [-0.1, -0.05) is 42.0 Å². The summed E-state index contributed by atoms with van der Waals surface area (Å²) in [6.07, 6.45) is 1.25. The zero-order valence-electron chi connectivity index (χ0n) is 18.5. The highest BCUT2D eigenvalue weighted by molar-refractivity contribution is 7.92. The first-order chi connectivity index (χ1) is 15.7. The number of aryl methyl sites for hydroxylation is 2. The first-order valence-electron chi connectivity index (χ1n) is 10.1. The SMILES string of the molecule is COc1cccc(/C=N\NC(=O)CN(c2ccccc2C)S(=O)(=O)c2ccc(C)cc2)c1O. The highest BCUT2D eigenvalue weighted by Crippen LogP contribution is 2.28. The quantitative estimate of drug-likeness (QED) is 0.390. The molecule has 9 heteroatoms. The normalized spacial score (nSPS) is 11.4. The zero-order valence-corrected chi connectivity index (χ0v) is 19.3. The minimum atomic E-state index is -4.02. The molecule has 3 rings (SSSR count). The van der Waals surface area contributed by atoms with Gasteiger partial charge in [0.05, 0.1) is 23.9 Å². The van der Waals surface area contributed by atoms with Crippen molar-refractivity contribution in [2.75, 3.05) is 18.0 Å². The van der Waals surface area contributed by atoms with E-state index >= 15 is 0 Å². The number of sulfonamides is 1. The van der Waals surface area contributed by atoms with E-state index in [1.54, 1.807) is 61.5 Å². The fourth-order valence-electron chi connectivity index (χ4n) is 3.13. The highest BCUT2D eigenvalue weighted by Gasteiger charge is 2.28. The molecule has 3 aromatic carbocycles. The van der Waals surface area contributed by atoms with Gasteiger partial charge in [0.1, 0.15) is 6.54 Å². The molecule has 0 saturated heterocycles. The second-order valence-electron chi connectivity index (χ2n) is 7.30. The number of ether oxygens (including phenoxy) is 1. The van der Waals surface area contributed by atoms with Gasteiger partial charge in [-0.3, -0.25) is 9.10 Å². The molecule has 1 amide bonds. The molecule has 0 unspecified atom stereocenters. The molecule has 0 heterocycles. The van der Waals surface area contributed by atoms with Crippen LogP contribution in [-0.2, 0) is 14.8 Å². The lowest BCUT2D eigenvalue weighted by molar-refractivity contribution is -0.119. The summed E-state index contributed by atoms with van der Waals surface area (Å²) in [5.74, 6) is -0.505. The third kappa shape index (κ3) is 5.50. The first-order valence-corrected chi connectivity index (χ1v) is 11.5. The predicted octanol–water partition coefficient (Wildman–Crippen LogP) is 3.36.